The molecule has 2 heterocycles. The summed E-state index contributed by atoms with van der Waals surface area (Å²) < 4.78 is 35.2. The average Bonchev–Trinajstić information content (AvgIpc) is 3.32. The predicted molar refractivity (Wildman–Crippen MR) is 109 cm³/mol. The van der Waals surface area contributed by atoms with Crippen molar-refractivity contribution in [2.75, 3.05) is 11.3 Å². The molecule has 0 bridgehead atoms. The lowest BCUT2D eigenvalue weighted by Crippen LogP contribution is -2.13. The Morgan fingerprint density at radius 3 is 2.54 bits per heavy atom. The molecule has 0 amide bonds. The molecule has 148 valence electrons. The fourth-order valence-electron chi connectivity index (χ4n) is 2.52. The Kier molecular flexibility index (Phi) is 5.85. The maximum absolute atomic E-state index is 13.0. The number of aromatic nitrogens is 2. The molecule has 9 heteroatoms. The lowest BCUT2D eigenvalue weighted by atomic mass is 10.2. The number of nitrogens with zero attached hydrogens (tertiary/aromatic N) is 2. The Balaban J connectivity index is 1.92. The first-order valence-corrected chi connectivity index (χ1v) is 11.1. The number of anilines is 1. The number of hydrogen-bond donors (Lipinski definition) is 1. The van der Waals surface area contributed by atoms with Crippen LogP contribution in [0.3, 0.4) is 0 Å². The summed E-state index contributed by atoms with van der Waals surface area (Å²) in [5.74, 6) is -0.449. The molecule has 3 aromatic rings. The Bertz CT molecular complexity index is 1050. The van der Waals surface area contributed by atoms with Gasteiger partial charge >= 0.3 is 5.97 Å². The van der Waals surface area contributed by atoms with Crippen molar-refractivity contribution in [2.45, 2.75) is 31.7 Å². The van der Waals surface area contributed by atoms with Gasteiger partial charge in [0, 0.05) is 17.9 Å². The SMILES string of the molecule is CCOC(=O)c1ccc(NS(=O)(=O)c2cn(C(C)C)nc2-c2cccs2)cc1. The summed E-state index contributed by atoms with van der Waals surface area (Å²) in [6.45, 7) is 5.87. The van der Waals surface area contributed by atoms with Crippen LogP contribution in [0.1, 0.15) is 37.2 Å². The monoisotopic (exact) mass is 419 g/mol. The Hall–Kier alpha value is -2.65. The third kappa shape index (κ3) is 4.26. The van der Waals surface area contributed by atoms with E-state index in [9.17, 15) is 13.2 Å². The molecular formula is C19H21N3O4S2. The fourth-order valence-corrected chi connectivity index (χ4v) is 4.52. The minimum atomic E-state index is -3.87. The van der Waals surface area contributed by atoms with E-state index in [4.69, 9.17) is 4.74 Å². The van der Waals surface area contributed by atoms with E-state index in [1.54, 1.807) is 11.6 Å². The normalized spacial score (nSPS) is 11.6. The van der Waals surface area contributed by atoms with Crippen molar-refractivity contribution in [1.82, 2.24) is 9.78 Å². The van der Waals surface area contributed by atoms with Crippen molar-refractivity contribution in [1.29, 1.82) is 0 Å². The van der Waals surface area contributed by atoms with E-state index in [2.05, 4.69) is 9.82 Å². The van der Waals surface area contributed by atoms with Crippen molar-refractivity contribution in [3.05, 3.63) is 53.5 Å². The number of sulfonamides is 1. The number of carbonyl (C=O) groups excluding carboxylic acids is 1. The molecule has 0 aliphatic rings. The minimum absolute atomic E-state index is 0.0199. The van der Waals surface area contributed by atoms with Gasteiger partial charge < -0.3 is 4.74 Å². The highest BCUT2D eigenvalue weighted by atomic mass is 32.2. The first kappa shape index (κ1) is 20.1. The summed E-state index contributed by atoms with van der Waals surface area (Å²) in [6.07, 6.45) is 1.54. The summed E-state index contributed by atoms with van der Waals surface area (Å²) in [5.41, 5.74) is 1.12. The highest BCUT2D eigenvalue weighted by Crippen LogP contribution is 2.31. The zero-order valence-electron chi connectivity index (χ0n) is 15.7. The van der Waals surface area contributed by atoms with Crippen LogP contribution in [0.5, 0.6) is 0 Å². The second kappa shape index (κ2) is 8.15. The van der Waals surface area contributed by atoms with Crippen LogP contribution < -0.4 is 4.72 Å². The molecule has 2 aromatic heterocycles. The van der Waals surface area contributed by atoms with Crippen molar-refractivity contribution in [3.8, 4) is 10.6 Å². The molecule has 0 spiro atoms. The maximum atomic E-state index is 13.0. The summed E-state index contributed by atoms with van der Waals surface area (Å²) in [5, 5.41) is 6.34. The minimum Gasteiger partial charge on any atom is -0.462 e. The second-order valence-corrected chi connectivity index (χ2v) is 8.89. The molecule has 7 nitrogen and oxygen atoms in total. The third-order valence-electron chi connectivity index (χ3n) is 3.92. The molecule has 0 saturated heterocycles. The summed E-state index contributed by atoms with van der Waals surface area (Å²) in [7, 11) is -3.87. The van der Waals surface area contributed by atoms with Crippen molar-refractivity contribution in [3.63, 3.8) is 0 Å². The van der Waals surface area contributed by atoms with E-state index in [-0.39, 0.29) is 17.5 Å². The number of nitrogens with one attached hydrogen (secondary N) is 1. The van der Waals surface area contributed by atoms with E-state index >= 15 is 0 Å². The highest BCUT2D eigenvalue weighted by molar-refractivity contribution is 7.92. The highest BCUT2D eigenvalue weighted by Gasteiger charge is 2.25. The van der Waals surface area contributed by atoms with Crippen LogP contribution in [-0.2, 0) is 14.8 Å². The maximum Gasteiger partial charge on any atom is 0.338 e. The molecule has 0 atom stereocenters. The zero-order valence-corrected chi connectivity index (χ0v) is 17.4. The lowest BCUT2D eigenvalue weighted by Gasteiger charge is -2.08. The van der Waals surface area contributed by atoms with Crippen LogP contribution in [0.2, 0.25) is 0 Å². The summed E-state index contributed by atoms with van der Waals surface area (Å²) in [6, 6.07) is 9.81. The predicted octanol–water partition coefficient (Wildman–Crippen LogP) is 4.17. The summed E-state index contributed by atoms with van der Waals surface area (Å²) >= 11 is 1.43. The van der Waals surface area contributed by atoms with Gasteiger partial charge in [-0.3, -0.25) is 9.40 Å². The van der Waals surface area contributed by atoms with Crippen LogP contribution in [0.25, 0.3) is 10.6 Å². The number of ether oxygens (including phenoxy) is 1. The molecule has 0 aliphatic heterocycles. The Labute approximate surface area is 168 Å². The van der Waals surface area contributed by atoms with Gasteiger partial charge in [-0.25, -0.2) is 13.2 Å². The number of hydrogen-bond acceptors (Lipinski definition) is 6. The second-order valence-electron chi connectivity index (χ2n) is 6.30. The van der Waals surface area contributed by atoms with Gasteiger partial charge in [0.1, 0.15) is 10.6 Å². The van der Waals surface area contributed by atoms with Crippen molar-refractivity contribution < 1.29 is 17.9 Å². The smallest absolute Gasteiger partial charge is 0.338 e. The topological polar surface area (TPSA) is 90.3 Å². The van der Waals surface area contributed by atoms with E-state index in [1.165, 1.54) is 41.8 Å². The fraction of sp³-hybridized carbons (Fsp3) is 0.263. The number of carbonyl (C=O) groups is 1. The molecule has 1 aromatic carbocycles. The number of thiophene rings is 1. The van der Waals surface area contributed by atoms with E-state index in [0.29, 0.717) is 16.9 Å². The van der Waals surface area contributed by atoms with E-state index in [1.807, 2.05) is 31.4 Å². The number of esters is 1. The molecule has 28 heavy (non-hydrogen) atoms. The van der Waals surface area contributed by atoms with Crippen molar-refractivity contribution in [2.24, 2.45) is 0 Å². The van der Waals surface area contributed by atoms with Crippen LogP contribution in [-0.4, -0.2) is 30.8 Å². The zero-order chi connectivity index (χ0) is 20.3. The Morgan fingerprint density at radius 2 is 1.96 bits per heavy atom. The van der Waals surface area contributed by atoms with E-state index < -0.39 is 16.0 Å². The van der Waals surface area contributed by atoms with Gasteiger partial charge in [-0.15, -0.1) is 11.3 Å². The van der Waals surface area contributed by atoms with Crippen LogP contribution in [0.4, 0.5) is 5.69 Å². The molecule has 1 N–H and O–H groups in total. The van der Waals surface area contributed by atoms with Gasteiger partial charge in [-0.1, -0.05) is 6.07 Å². The third-order valence-corrected chi connectivity index (χ3v) is 6.18. The molecular weight excluding hydrogens is 398 g/mol. The van der Waals surface area contributed by atoms with Crippen LogP contribution in [0.15, 0.2) is 52.9 Å². The van der Waals surface area contributed by atoms with Crippen molar-refractivity contribution >= 4 is 33.0 Å². The van der Waals surface area contributed by atoms with Gasteiger partial charge in [0.15, 0.2) is 0 Å². The summed E-state index contributed by atoms with van der Waals surface area (Å²) in [4.78, 5) is 12.6. The van der Waals surface area contributed by atoms with Gasteiger partial charge in [-0.2, -0.15) is 5.10 Å². The molecule has 0 saturated carbocycles. The Morgan fingerprint density at radius 1 is 1.25 bits per heavy atom. The lowest BCUT2D eigenvalue weighted by molar-refractivity contribution is 0.0526. The van der Waals surface area contributed by atoms with Gasteiger partial charge in [-0.05, 0) is 56.5 Å². The van der Waals surface area contributed by atoms with Gasteiger partial charge in [0.2, 0.25) is 0 Å². The van der Waals surface area contributed by atoms with Gasteiger partial charge in [0.05, 0.1) is 17.0 Å². The first-order valence-electron chi connectivity index (χ1n) is 8.75. The molecule has 0 fully saturated rings. The van der Waals surface area contributed by atoms with Gasteiger partial charge in [0.25, 0.3) is 10.0 Å². The average molecular weight is 420 g/mol. The quantitative estimate of drug-likeness (QED) is 0.581. The first-order chi connectivity index (χ1) is 13.3. The van der Waals surface area contributed by atoms with E-state index in [0.717, 1.165) is 4.88 Å². The standard InChI is InChI=1S/C19H21N3O4S2/c1-4-26-19(23)14-7-9-15(10-8-14)21-28(24,25)17-12-22(13(2)3)20-18(17)16-6-5-11-27-16/h5-13,21H,4H2,1-3H3. The van der Waals surface area contributed by atoms with Crippen LogP contribution in [0, 0.1) is 0 Å². The largest absolute Gasteiger partial charge is 0.462 e. The van der Waals surface area contributed by atoms with Crippen LogP contribution >= 0.6 is 11.3 Å². The molecule has 0 unspecified atom stereocenters. The molecule has 0 radical (unpaired) electrons. The molecule has 0 aliphatic carbocycles. The number of rotatable bonds is 7. The number of benzene rings is 1. The molecule has 3 rings (SSSR count).